The van der Waals surface area contributed by atoms with Crippen LogP contribution in [0, 0.1) is 0 Å². The highest BCUT2D eigenvalue weighted by atomic mass is 16.5. The standard InChI is InChI=1S/C21H26N8O3/c1-28(2)8-4-10-32-15-6-5-14-16(17(15)31-3)26-21(29-9-7-23-18(14)29)27-19(30)13-11-24-20(22)25-12-13/h5-6,11-12,23H,4,7-10H2,1-3H3,(H2,22,24,25). The van der Waals surface area contributed by atoms with E-state index >= 15 is 0 Å². The minimum absolute atomic E-state index is 0.0905. The lowest BCUT2D eigenvalue weighted by atomic mass is 10.2. The van der Waals surface area contributed by atoms with Gasteiger partial charge in [0.05, 0.1) is 19.3 Å². The molecular weight excluding hydrogens is 412 g/mol. The molecule has 0 radical (unpaired) electrons. The number of carbonyl (C=O) groups is 1. The summed E-state index contributed by atoms with van der Waals surface area (Å²) < 4.78 is 13.5. The van der Waals surface area contributed by atoms with Gasteiger partial charge < -0.3 is 25.4 Å². The molecule has 3 N–H and O–H groups in total. The van der Waals surface area contributed by atoms with Crippen LogP contribution in [0.25, 0.3) is 10.9 Å². The molecule has 11 nitrogen and oxygen atoms in total. The van der Waals surface area contributed by atoms with Gasteiger partial charge in [-0.05, 0) is 32.6 Å². The first-order valence-electron chi connectivity index (χ1n) is 10.3. The number of nitrogens with two attached hydrogens (primary N) is 1. The summed E-state index contributed by atoms with van der Waals surface area (Å²) in [5, 5.41) is 4.21. The smallest absolute Gasteiger partial charge is 0.283 e. The van der Waals surface area contributed by atoms with E-state index in [9.17, 15) is 4.79 Å². The first-order valence-corrected chi connectivity index (χ1v) is 10.3. The average Bonchev–Trinajstić information content (AvgIpc) is 3.27. The molecule has 11 heteroatoms. The lowest BCUT2D eigenvalue weighted by molar-refractivity contribution is 0.0996. The monoisotopic (exact) mass is 438 g/mol. The van der Waals surface area contributed by atoms with E-state index < -0.39 is 5.91 Å². The number of fused-ring (bicyclic) bond motifs is 3. The van der Waals surface area contributed by atoms with Crippen molar-refractivity contribution in [1.82, 2.24) is 24.4 Å². The number of benzene rings is 1. The fourth-order valence-corrected chi connectivity index (χ4v) is 3.51. The Bertz CT molecular complexity index is 1200. The van der Waals surface area contributed by atoms with Crippen LogP contribution >= 0.6 is 0 Å². The molecule has 4 rings (SSSR count). The number of hydrogen-bond donors (Lipinski definition) is 2. The number of anilines is 2. The maximum absolute atomic E-state index is 12.7. The van der Waals surface area contributed by atoms with Crippen molar-refractivity contribution < 1.29 is 14.3 Å². The molecule has 1 aliphatic rings. The van der Waals surface area contributed by atoms with E-state index in [1.165, 1.54) is 12.4 Å². The number of rotatable bonds is 7. The number of aromatic nitrogens is 4. The molecule has 0 unspecified atom stereocenters. The molecule has 3 heterocycles. The molecule has 1 amide bonds. The van der Waals surface area contributed by atoms with Gasteiger partial charge in [0.1, 0.15) is 11.3 Å². The maximum atomic E-state index is 12.7. The van der Waals surface area contributed by atoms with Crippen molar-refractivity contribution in [3.63, 3.8) is 0 Å². The number of methoxy groups -OCH3 is 1. The molecule has 3 aromatic rings. The second kappa shape index (κ2) is 9.18. The van der Waals surface area contributed by atoms with Crippen LogP contribution in [0.2, 0.25) is 0 Å². The molecule has 2 aromatic heterocycles. The molecule has 32 heavy (non-hydrogen) atoms. The maximum Gasteiger partial charge on any atom is 0.283 e. The lowest BCUT2D eigenvalue weighted by Gasteiger charge is -2.15. The van der Waals surface area contributed by atoms with Crippen LogP contribution in [0.4, 0.5) is 11.8 Å². The number of nitrogens with one attached hydrogen (secondary N) is 1. The molecule has 0 atom stereocenters. The zero-order valence-corrected chi connectivity index (χ0v) is 18.3. The summed E-state index contributed by atoms with van der Waals surface area (Å²) in [6.45, 7) is 2.80. The Hall–Kier alpha value is -3.73. The largest absolute Gasteiger partial charge is 0.491 e. The van der Waals surface area contributed by atoms with Crippen molar-refractivity contribution in [2.24, 2.45) is 4.99 Å². The number of nitrogens with zero attached hydrogens (tertiary/aromatic N) is 6. The average molecular weight is 438 g/mol. The van der Waals surface area contributed by atoms with Crippen LogP contribution in [0.1, 0.15) is 16.8 Å². The van der Waals surface area contributed by atoms with Crippen LogP contribution in [0.15, 0.2) is 29.5 Å². The van der Waals surface area contributed by atoms with Gasteiger partial charge in [-0.3, -0.25) is 9.36 Å². The third-order valence-electron chi connectivity index (χ3n) is 5.03. The van der Waals surface area contributed by atoms with Crippen LogP contribution < -0.4 is 26.1 Å². The van der Waals surface area contributed by atoms with Crippen molar-refractivity contribution in [3.05, 3.63) is 35.7 Å². The van der Waals surface area contributed by atoms with Gasteiger partial charge in [-0.2, -0.15) is 4.99 Å². The van der Waals surface area contributed by atoms with E-state index in [0.29, 0.717) is 36.7 Å². The quantitative estimate of drug-likeness (QED) is 0.517. The highest BCUT2D eigenvalue weighted by Gasteiger charge is 2.21. The Morgan fingerprint density at radius 3 is 2.81 bits per heavy atom. The third-order valence-corrected chi connectivity index (χ3v) is 5.03. The van der Waals surface area contributed by atoms with E-state index in [0.717, 1.165) is 24.2 Å². The van der Waals surface area contributed by atoms with Gasteiger partial charge in [-0.1, -0.05) is 0 Å². The SMILES string of the molecule is COc1c(OCCCN(C)C)ccc2c3n(c(=NC(=O)c4cnc(N)nc4)nc12)CCN3. The second-order valence-corrected chi connectivity index (χ2v) is 7.58. The Balaban J connectivity index is 1.77. The van der Waals surface area contributed by atoms with Gasteiger partial charge in [0.25, 0.3) is 5.91 Å². The number of ether oxygens (including phenoxy) is 2. The molecule has 1 aromatic carbocycles. The van der Waals surface area contributed by atoms with Gasteiger partial charge in [0, 0.05) is 37.4 Å². The van der Waals surface area contributed by atoms with Crippen molar-refractivity contribution in [2.45, 2.75) is 13.0 Å². The number of amides is 1. The Kier molecular flexibility index (Phi) is 6.17. The molecule has 0 saturated carbocycles. The molecule has 0 saturated heterocycles. The zero-order valence-electron chi connectivity index (χ0n) is 18.3. The van der Waals surface area contributed by atoms with Gasteiger partial charge in [-0.15, -0.1) is 0 Å². The van der Waals surface area contributed by atoms with E-state index in [4.69, 9.17) is 15.2 Å². The summed E-state index contributed by atoms with van der Waals surface area (Å²) >= 11 is 0. The molecule has 0 bridgehead atoms. The summed E-state index contributed by atoms with van der Waals surface area (Å²) in [6, 6.07) is 3.82. The van der Waals surface area contributed by atoms with E-state index in [2.05, 4.69) is 30.2 Å². The fourth-order valence-electron chi connectivity index (χ4n) is 3.51. The summed E-state index contributed by atoms with van der Waals surface area (Å²) in [5.74, 6) is 1.51. The second-order valence-electron chi connectivity index (χ2n) is 7.58. The van der Waals surface area contributed by atoms with E-state index in [-0.39, 0.29) is 17.1 Å². The van der Waals surface area contributed by atoms with Crippen molar-refractivity contribution in [1.29, 1.82) is 0 Å². The highest BCUT2D eigenvalue weighted by Crippen LogP contribution is 2.37. The van der Waals surface area contributed by atoms with E-state index in [1.54, 1.807) is 7.11 Å². The number of hydrogen-bond acceptors (Lipinski definition) is 9. The zero-order chi connectivity index (χ0) is 22.7. The van der Waals surface area contributed by atoms with E-state index in [1.807, 2.05) is 30.8 Å². The number of carbonyl (C=O) groups excluding carboxylic acids is 1. The Morgan fingerprint density at radius 2 is 2.09 bits per heavy atom. The summed E-state index contributed by atoms with van der Waals surface area (Å²) in [7, 11) is 5.62. The normalized spacial score (nSPS) is 13.3. The van der Waals surface area contributed by atoms with Crippen LogP contribution in [0.5, 0.6) is 11.5 Å². The minimum Gasteiger partial charge on any atom is -0.491 e. The predicted molar refractivity (Wildman–Crippen MR) is 120 cm³/mol. The highest BCUT2D eigenvalue weighted by molar-refractivity contribution is 5.96. The summed E-state index contributed by atoms with van der Waals surface area (Å²) in [4.78, 5) is 31.4. The van der Waals surface area contributed by atoms with Gasteiger partial charge >= 0.3 is 0 Å². The summed E-state index contributed by atoms with van der Waals surface area (Å²) in [5.41, 5.74) is 6.56. The van der Waals surface area contributed by atoms with Crippen LogP contribution in [-0.4, -0.2) is 71.2 Å². The Morgan fingerprint density at radius 1 is 1.31 bits per heavy atom. The molecular formula is C21H26N8O3. The topological polar surface area (TPSA) is 133 Å². The van der Waals surface area contributed by atoms with Crippen molar-refractivity contribution in [2.75, 3.05) is 52.0 Å². The molecule has 0 spiro atoms. The molecule has 0 aliphatic carbocycles. The first-order chi connectivity index (χ1) is 15.5. The minimum atomic E-state index is -0.506. The summed E-state index contributed by atoms with van der Waals surface area (Å²) in [6.07, 6.45) is 3.57. The van der Waals surface area contributed by atoms with Crippen molar-refractivity contribution in [3.8, 4) is 11.5 Å². The Labute approximate surface area is 184 Å². The van der Waals surface area contributed by atoms with Gasteiger partial charge in [0.2, 0.25) is 11.6 Å². The molecule has 168 valence electrons. The fraction of sp³-hybridized carbons (Fsp3) is 0.381. The first kappa shape index (κ1) is 21.5. The molecule has 0 fully saturated rings. The van der Waals surface area contributed by atoms with Gasteiger partial charge in [-0.25, -0.2) is 15.0 Å². The predicted octanol–water partition coefficient (Wildman–Crippen LogP) is 0.914. The van der Waals surface area contributed by atoms with Crippen LogP contribution in [-0.2, 0) is 6.54 Å². The van der Waals surface area contributed by atoms with Crippen molar-refractivity contribution >= 4 is 28.6 Å². The number of nitrogen functional groups attached to an aromatic ring is 1. The lowest BCUT2D eigenvalue weighted by Crippen LogP contribution is -2.25. The molecule has 1 aliphatic heterocycles. The third kappa shape index (κ3) is 4.33. The van der Waals surface area contributed by atoms with Gasteiger partial charge in [0.15, 0.2) is 11.5 Å². The van der Waals surface area contributed by atoms with Crippen LogP contribution in [0.3, 0.4) is 0 Å².